The Kier molecular flexibility index (Phi) is 6.11. The lowest BCUT2D eigenvalue weighted by molar-refractivity contribution is -0.115. The molecule has 0 atom stereocenters. The number of hydrogen-bond donors (Lipinski definition) is 4. The molecule has 25 heavy (non-hydrogen) atoms. The van der Waals surface area contributed by atoms with Gasteiger partial charge in [0.15, 0.2) is 0 Å². The van der Waals surface area contributed by atoms with Gasteiger partial charge in [-0.2, -0.15) is 0 Å². The third-order valence-electron chi connectivity index (χ3n) is 3.43. The number of urea groups is 1. The van der Waals surface area contributed by atoms with Gasteiger partial charge in [-0.15, -0.1) is 0 Å². The van der Waals surface area contributed by atoms with Crippen LogP contribution in [-0.2, 0) is 4.79 Å². The summed E-state index contributed by atoms with van der Waals surface area (Å²) in [5.74, 6) is -0.523. The quantitative estimate of drug-likeness (QED) is 0.671. The summed E-state index contributed by atoms with van der Waals surface area (Å²) in [5, 5.41) is 10.3. The van der Waals surface area contributed by atoms with Crippen molar-refractivity contribution in [3.63, 3.8) is 0 Å². The summed E-state index contributed by atoms with van der Waals surface area (Å²) < 4.78 is 0. The summed E-state index contributed by atoms with van der Waals surface area (Å²) in [6, 6.07) is 13.4. The standard InChI is InChI=1S/C18H20N4O3/c1-12-10-13(17(24)19-2)8-9-15(12)22-18(25)20-11-16(23)21-14-6-4-3-5-7-14/h3-10H,11H2,1-2H3,(H,19,24)(H,21,23)(H2,20,22,25). The highest BCUT2D eigenvalue weighted by atomic mass is 16.2. The number of aryl methyl sites for hydroxylation is 1. The lowest BCUT2D eigenvalue weighted by Crippen LogP contribution is -2.35. The minimum atomic E-state index is -0.501. The van der Waals surface area contributed by atoms with Crippen molar-refractivity contribution in [2.45, 2.75) is 6.92 Å². The maximum Gasteiger partial charge on any atom is 0.319 e. The third-order valence-corrected chi connectivity index (χ3v) is 3.43. The van der Waals surface area contributed by atoms with Gasteiger partial charge in [0.1, 0.15) is 0 Å². The number of para-hydroxylation sites is 1. The van der Waals surface area contributed by atoms with E-state index in [2.05, 4.69) is 21.3 Å². The number of rotatable bonds is 5. The van der Waals surface area contributed by atoms with Crippen LogP contribution >= 0.6 is 0 Å². The largest absolute Gasteiger partial charge is 0.355 e. The average molecular weight is 340 g/mol. The molecule has 0 aliphatic rings. The molecule has 0 saturated carbocycles. The van der Waals surface area contributed by atoms with Crippen LogP contribution < -0.4 is 21.3 Å². The molecule has 0 heterocycles. The monoisotopic (exact) mass is 340 g/mol. The fourth-order valence-corrected chi connectivity index (χ4v) is 2.14. The van der Waals surface area contributed by atoms with Crippen molar-refractivity contribution in [1.29, 1.82) is 0 Å². The second-order valence-electron chi connectivity index (χ2n) is 5.33. The fourth-order valence-electron chi connectivity index (χ4n) is 2.14. The van der Waals surface area contributed by atoms with Crippen LogP contribution in [0.1, 0.15) is 15.9 Å². The Balaban J connectivity index is 1.86. The van der Waals surface area contributed by atoms with Crippen LogP contribution in [0.25, 0.3) is 0 Å². The van der Waals surface area contributed by atoms with Crippen LogP contribution in [0.15, 0.2) is 48.5 Å². The van der Waals surface area contributed by atoms with E-state index in [1.165, 1.54) is 0 Å². The molecule has 0 aromatic heterocycles. The smallest absolute Gasteiger partial charge is 0.319 e. The molecule has 7 nitrogen and oxygen atoms in total. The van der Waals surface area contributed by atoms with Crippen LogP contribution in [-0.4, -0.2) is 31.4 Å². The fraction of sp³-hybridized carbons (Fsp3) is 0.167. The molecule has 2 aromatic rings. The first-order valence-electron chi connectivity index (χ1n) is 7.72. The van der Waals surface area contributed by atoms with E-state index in [1.807, 2.05) is 6.07 Å². The molecule has 0 bridgehead atoms. The summed E-state index contributed by atoms with van der Waals surface area (Å²) in [7, 11) is 1.55. The highest BCUT2D eigenvalue weighted by Gasteiger charge is 2.09. The predicted molar refractivity (Wildman–Crippen MR) is 96.7 cm³/mol. The highest BCUT2D eigenvalue weighted by Crippen LogP contribution is 2.16. The molecule has 4 N–H and O–H groups in total. The second kappa shape index (κ2) is 8.49. The van der Waals surface area contributed by atoms with Crippen LogP contribution in [0.3, 0.4) is 0 Å². The molecule has 0 saturated heterocycles. The van der Waals surface area contributed by atoms with Crippen LogP contribution in [0.2, 0.25) is 0 Å². The molecule has 130 valence electrons. The number of hydrogen-bond acceptors (Lipinski definition) is 3. The molecule has 2 aromatic carbocycles. The molecule has 0 aliphatic heterocycles. The van der Waals surface area contributed by atoms with Crippen molar-refractivity contribution >= 4 is 29.2 Å². The molecule has 7 heteroatoms. The zero-order chi connectivity index (χ0) is 18.2. The Bertz CT molecular complexity index is 775. The van der Waals surface area contributed by atoms with Gasteiger partial charge in [0.05, 0.1) is 6.54 Å². The van der Waals surface area contributed by atoms with Crippen molar-refractivity contribution in [2.24, 2.45) is 0 Å². The molecular weight excluding hydrogens is 320 g/mol. The molecule has 2 rings (SSSR count). The van der Waals surface area contributed by atoms with E-state index in [1.54, 1.807) is 56.4 Å². The van der Waals surface area contributed by atoms with E-state index in [0.29, 0.717) is 16.9 Å². The van der Waals surface area contributed by atoms with Gasteiger partial charge < -0.3 is 21.3 Å². The maximum atomic E-state index is 11.9. The van der Waals surface area contributed by atoms with Gasteiger partial charge in [-0.3, -0.25) is 9.59 Å². The summed E-state index contributed by atoms with van der Waals surface area (Å²) in [5.41, 5.74) is 2.47. The van der Waals surface area contributed by atoms with Gasteiger partial charge in [0, 0.05) is 24.0 Å². The lowest BCUT2D eigenvalue weighted by Gasteiger charge is -2.11. The first-order valence-corrected chi connectivity index (χ1v) is 7.72. The number of carbonyl (C=O) groups is 3. The molecule has 4 amide bonds. The van der Waals surface area contributed by atoms with Crippen molar-refractivity contribution in [1.82, 2.24) is 10.6 Å². The first kappa shape index (κ1) is 18.0. The first-order chi connectivity index (χ1) is 12.0. The van der Waals surface area contributed by atoms with Crippen LogP contribution in [0.4, 0.5) is 16.2 Å². The predicted octanol–water partition coefficient (Wildman–Crippen LogP) is 2.11. The Morgan fingerprint density at radius 1 is 0.960 bits per heavy atom. The third kappa shape index (κ3) is 5.35. The number of nitrogens with one attached hydrogen (secondary N) is 4. The molecule has 0 spiro atoms. The molecule has 0 aliphatic carbocycles. The second-order valence-corrected chi connectivity index (χ2v) is 5.33. The van der Waals surface area contributed by atoms with E-state index < -0.39 is 6.03 Å². The van der Waals surface area contributed by atoms with E-state index >= 15 is 0 Å². The average Bonchev–Trinajstić information content (AvgIpc) is 2.62. The summed E-state index contributed by atoms with van der Waals surface area (Å²) in [6.45, 7) is 1.63. The normalized spacial score (nSPS) is 9.84. The van der Waals surface area contributed by atoms with Crippen molar-refractivity contribution < 1.29 is 14.4 Å². The summed E-state index contributed by atoms with van der Waals surface area (Å²) >= 11 is 0. The molecule has 0 unspecified atom stereocenters. The van der Waals surface area contributed by atoms with E-state index in [-0.39, 0.29) is 18.4 Å². The van der Waals surface area contributed by atoms with Crippen molar-refractivity contribution in [3.05, 3.63) is 59.7 Å². The van der Waals surface area contributed by atoms with Gasteiger partial charge in [0.25, 0.3) is 5.91 Å². The molecule has 0 radical (unpaired) electrons. The Labute approximate surface area is 145 Å². The Morgan fingerprint density at radius 2 is 1.68 bits per heavy atom. The van der Waals surface area contributed by atoms with E-state index in [4.69, 9.17) is 0 Å². The van der Waals surface area contributed by atoms with Crippen molar-refractivity contribution in [2.75, 3.05) is 24.2 Å². The van der Waals surface area contributed by atoms with Gasteiger partial charge >= 0.3 is 6.03 Å². The summed E-state index contributed by atoms with van der Waals surface area (Å²) in [6.07, 6.45) is 0. The minimum absolute atomic E-state index is 0.157. The maximum absolute atomic E-state index is 11.9. The number of anilines is 2. The lowest BCUT2D eigenvalue weighted by atomic mass is 10.1. The Morgan fingerprint density at radius 3 is 2.32 bits per heavy atom. The highest BCUT2D eigenvalue weighted by molar-refractivity contribution is 5.98. The van der Waals surface area contributed by atoms with Crippen molar-refractivity contribution in [3.8, 4) is 0 Å². The number of benzene rings is 2. The Hall–Kier alpha value is -3.35. The van der Waals surface area contributed by atoms with E-state index in [9.17, 15) is 14.4 Å². The molecule has 0 fully saturated rings. The van der Waals surface area contributed by atoms with Gasteiger partial charge in [-0.25, -0.2) is 4.79 Å². The number of amides is 4. The van der Waals surface area contributed by atoms with Gasteiger partial charge in [0.2, 0.25) is 5.91 Å². The molecular formula is C18H20N4O3. The van der Waals surface area contributed by atoms with E-state index in [0.717, 1.165) is 5.56 Å². The zero-order valence-electron chi connectivity index (χ0n) is 14.1. The topological polar surface area (TPSA) is 99.3 Å². The zero-order valence-corrected chi connectivity index (χ0v) is 14.1. The summed E-state index contributed by atoms with van der Waals surface area (Å²) in [4.78, 5) is 35.3. The number of carbonyl (C=O) groups excluding carboxylic acids is 3. The van der Waals surface area contributed by atoms with Crippen LogP contribution in [0, 0.1) is 6.92 Å². The SMILES string of the molecule is CNC(=O)c1ccc(NC(=O)NCC(=O)Nc2ccccc2)c(C)c1. The minimum Gasteiger partial charge on any atom is -0.355 e. The van der Waals surface area contributed by atoms with Gasteiger partial charge in [-0.1, -0.05) is 18.2 Å². The van der Waals surface area contributed by atoms with Crippen LogP contribution in [0.5, 0.6) is 0 Å². The van der Waals surface area contributed by atoms with Gasteiger partial charge in [-0.05, 0) is 42.8 Å².